The summed E-state index contributed by atoms with van der Waals surface area (Å²) in [5.41, 5.74) is 1.85. The predicted molar refractivity (Wildman–Crippen MR) is 92.3 cm³/mol. The maximum atomic E-state index is 12.8. The molecule has 1 amide bonds. The van der Waals surface area contributed by atoms with Crippen molar-refractivity contribution in [2.75, 3.05) is 5.32 Å². The monoisotopic (exact) mass is 325 g/mol. The maximum absolute atomic E-state index is 12.8. The van der Waals surface area contributed by atoms with Gasteiger partial charge in [0.05, 0.1) is 11.1 Å². The first kappa shape index (κ1) is 15.9. The van der Waals surface area contributed by atoms with Gasteiger partial charge in [-0.15, -0.1) is 0 Å². The van der Waals surface area contributed by atoms with Crippen LogP contribution in [-0.4, -0.2) is 25.5 Å². The molecule has 3 aromatic rings. The summed E-state index contributed by atoms with van der Waals surface area (Å²) in [5.74, 6) is 0.270. The second kappa shape index (κ2) is 5.92. The van der Waals surface area contributed by atoms with E-state index in [0.29, 0.717) is 16.6 Å². The summed E-state index contributed by atoms with van der Waals surface area (Å²) in [7, 11) is 3.32. The number of aryl methyl sites for hydroxylation is 3. The molecule has 0 spiro atoms. The van der Waals surface area contributed by atoms with Crippen molar-refractivity contribution in [1.82, 2.24) is 19.6 Å². The van der Waals surface area contributed by atoms with Gasteiger partial charge in [0.2, 0.25) is 0 Å². The van der Waals surface area contributed by atoms with E-state index in [-0.39, 0.29) is 17.2 Å². The number of rotatable bonds is 3. The van der Waals surface area contributed by atoms with E-state index < -0.39 is 0 Å². The van der Waals surface area contributed by atoms with E-state index >= 15 is 0 Å². The Morgan fingerprint density at radius 3 is 2.42 bits per heavy atom. The second-order valence-electron chi connectivity index (χ2n) is 5.67. The first-order valence-electron chi connectivity index (χ1n) is 7.74. The number of aromatic nitrogens is 4. The van der Waals surface area contributed by atoms with Gasteiger partial charge in [-0.25, -0.2) is 4.68 Å². The van der Waals surface area contributed by atoms with Gasteiger partial charge in [0.15, 0.2) is 5.69 Å². The molecule has 7 heteroatoms. The number of benzene rings is 1. The van der Waals surface area contributed by atoms with Crippen molar-refractivity contribution in [2.45, 2.75) is 20.3 Å². The molecule has 0 saturated carbocycles. The number of amides is 1. The number of hydrogen-bond acceptors (Lipinski definition) is 4. The lowest BCUT2D eigenvalue weighted by atomic mass is 10.1. The number of nitrogens with zero attached hydrogens (tertiary/aromatic N) is 4. The van der Waals surface area contributed by atoms with E-state index in [4.69, 9.17) is 0 Å². The van der Waals surface area contributed by atoms with E-state index in [1.54, 1.807) is 36.0 Å². The van der Waals surface area contributed by atoms with Crippen molar-refractivity contribution < 1.29 is 4.79 Å². The van der Waals surface area contributed by atoms with Crippen LogP contribution in [-0.2, 0) is 20.5 Å². The molecular weight excluding hydrogens is 306 g/mol. The van der Waals surface area contributed by atoms with Gasteiger partial charge >= 0.3 is 0 Å². The summed E-state index contributed by atoms with van der Waals surface area (Å²) in [5, 5.41) is 12.4. The zero-order valence-corrected chi connectivity index (χ0v) is 14.1. The molecule has 1 aromatic carbocycles. The third-order valence-corrected chi connectivity index (χ3v) is 4.12. The first-order chi connectivity index (χ1) is 11.4. The van der Waals surface area contributed by atoms with Crippen LogP contribution in [0.5, 0.6) is 0 Å². The Balaban J connectivity index is 2.09. The summed E-state index contributed by atoms with van der Waals surface area (Å²) < 4.78 is 2.83. The lowest BCUT2D eigenvalue weighted by molar-refractivity contribution is 0.102. The zero-order chi connectivity index (χ0) is 17.4. The maximum Gasteiger partial charge on any atom is 0.277 e. The molecule has 0 aliphatic rings. The molecule has 0 atom stereocenters. The average molecular weight is 325 g/mol. The van der Waals surface area contributed by atoms with Gasteiger partial charge in [-0.1, -0.05) is 25.1 Å². The number of fused-ring (bicyclic) bond motifs is 1. The van der Waals surface area contributed by atoms with Crippen LogP contribution in [0.1, 0.15) is 28.7 Å². The highest BCUT2D eigenvalue weighted by molar-refractivity contribution is 6.11. The molecule has 0 aliphatic heterocycles. The van der Waals surface area contributed by atoms with Crippen LogP contribution in [0.15, 0.2) is 29.1 Å². The topological polar surface area (TPSA) is 81.8 Å². The molecule has 0 bridgehead atoms. The summed E-state index contributed by atoms with van der Waals surface area (Å²) in [6, 6.07) is 6.97. The Hall–Kier alpha value is -2.96. The van der Waals surface area contributed by atoms with E-state index in [1.807, 2.05) is 13.8 Å². The summed E-state index contributed by atoms with van der Waals surface area (Å²) in [6.45, 7) is 3.94. The van der Waals surface area contributed by atoms with E-state index in [1.165, 1.54) is 11.7 Å². The molecule has 124 valence electrons. The van der Waals surface area contributed by atoms with Crippen LogP contribution in [0, 0.1) is 6.92 Å². The fraction of sp³-hybridized carbons (Fsp3) is 0.294. The molecule has 0 aliphatic carbocycles. The molecule has 1 N–H and O–H groups in total. The average Bonchev–Trinajstić information content (AvgIpc) is 2.85. The summed E-state index contributed by atoms with van der Waals surface area (Å²) in [6.07, 6.45) is 0.788. The highest BCUT2D eigenvalue weighted by Crippen LogP contribution is 2.20. The Kier molecular flexibility index (Phi) is 3.92. The van der Waals surface area contributed by atoms with Crippen molar-refractivity contribution in [3.8, 4) is 0 Å². The van der Waals surface area contributed by atoms with Crippen LogP contribution >= 0.6 is 0 Å². The molecule has 0 radical (unpaired) electrons. The number of carbonyl (C=O) groups excluding carboxylic acids is 1. The van der Waals surface area contributed by atoms with Gasteiger partial charge < -0.3 is 5.32 Å². The minimum Gasteiger partial charge on any atom is -0.305 e. The molecule has 24 heavy (non-hydrogen) atoms. The third kappa shape index (κ3) is 2.47. The molecular formula is C17H19N5O2. The second-order valence-corrected chi connectivity index (χ2v) is 5.67. The highest BCUT2D eigenvalue weighted by Gasteiger charge is 2.19. The number of carbonyl (C=O) groups is 1. The normalized spacial score (nSPS) is 11.0. The molecule has 2 heterocycles. The van der Waals surface area contributed by atoms with Gasteiger partial charge in [-0.3, -0.25) is 14.3 Å². The quantitative estimate of drug-likeness (QED) is 0.796. The van der Waals surface area contributed by atoms with Gasteiger partial charge in [0.1, 0.15) is 5.82 Å². The molecule has 0 saturated heterocycles. The largest absolute Gasteiger partial charge is 0.305 e. The fourth-order valence-electron chi connectivity index (χ4n) is 2.83. The minimum absolute atomic E-state index is 0.214. The van der Waals surface area contributed by atoms with Crippen LogP contribution < -0.4 is 10.9 Å². The van der Waals surface area contributed by atoms with Crippen molar-refractivity contribution in [3.05, 3.63) is 51.6 Å². The van der Waals surface area contributed by atoms with Crippen LogP contribution in [0.2, 0.25) is 0 Å². The van der Waals surface area contributed by atoms with Gasteiger partial charge in [0.25, 0.3) is 11.5 Å². The van der Waals surface area contributed by atoms with Gasteiger partial charge in [0, 0.05) is 25.0 Å². The summed E-state index contributed by atoms with van der Waals surface area (Å²) >= 11 is 0. The Morgan fingerprint density at radius 2 is 1.79 bits per heavy atom. The summed E-state index contributed by atoms with van der Waals surface area (Å²) in [4.78, 5) is 24.9. The van der Waals surface area contributed by atoms with Crippen molar-refractivity contribution in [3.63, 3.8) is 0 Å². The van der Waals surface area contributed by atoms with E-state index in [2.05, 4.69) is 15.5 Å². The van der Waals surface area contributed by atoms with Gasteiger partial charge in [-0.2, -0.15) is 10.2 Å². The standard InChI is InChI=1S/C17H19N5O2/c1-5-13-10(2)15(21(3)19-13)18-16(23)14-11-8-6-7-9-12(11)17(24)22(4)20-14/h6-9H,5H2,1-4H3,(H,18,23). The van der Waals surface area contributed by atoms with E-state index in [0.717, 1.165) is 17.7 Å². The van der Waals surface area contributed by atoms with E-state index in [9.17, 15) is 9.59 Å². The van der Waals surface area contributed by atoms with Crippen LogP contribution in [0.4, 0.5) is 5.82 Å². The number of anilines is 1. The van der Waals surface area contributed by atoms with Crippen LogP contribution in [0.25, 0.3) is 10.8 Å². The van der Waals surface area contributed by atoms with Crippen LogP contribution in [0.3, 0.4) is 0 Å². The van der Waals surface area contributed by atoms with Crippen molar-refractivity contribution in [1.29, 1.82) is 0 Å². The lowest BCUT2D eigenvalue weighted by Crippen LogP contribution is -2.26. The highest BCUT2D eigenvalue weighted by atomic mass is 16.2. The predicted octanol–water partition coefficient (Wildman–Crippen LogP) is 1.79. The molecule has 7 nitrogen and oxygen atoms in total. The van der Waals surface area contributed by atoms with Crippen molar-refractivity contribution in [2.24, 2.45) is 14.1 Å². The number of hydrogen-bond donors (Lipinski definition) is 1. The molecule has 0 unspecified atom stereocenters. The Bertz CT molecular complexity index is 1000. The smallest absolute Gasteiger partial charge is 0.277 e. The van der Waals surface area contributed by atoms with Gasteiger partial charge in [-0.05, 0) is 19.4 Å². The van der Waals surface area contributed by atoms with Crippen molar-refractivity contribution >= 4 is 22.5 Å². The molecule has 0 fully saturated rings. The zero-order valence-electron chi connectivity index (χ0n) is 14.1. The minimum atomic E-state index is -0.365. The Morgan fingerprint density at radius 1 is 1.12 bits per heavy atom. The third-order valence-electron chi connectivity index (χ3n) is 4.12. The fourth-order valence-corrected chi connectivity index (χ4v) is 2.83. The first-order valence-corrected chi connectivity index (χ1v) is 7.74. The lowest BCUT2D eigenvalue weighted by Gasteiger charge is -2.09. The molecule has 3 rings (SSSR count). The molecule has 2 aromatic heterocycles. The Labute approximate surface area is 138 Å². The number of nitrogens with one attached hydrogen (secondary N) is 1. The SMILES string of the molecule is CCc1nn(C)c(NC(=O)c2nn(C)c(=O)c3ccccc23)c1C.